The molecule has 1 saturated heterocycles. The summed E-state index contributed by atoms with van der Waals surface area (Å²) in [6, 6.07) is 14.8. The van der Waals surface area contributed by atoms with Crippen molar-refractivity contribution in [2.24, 2.45) is 0 Å². The van der Waals surface area contributed by atoms with Gasteiger partial charge in [-0.25, -0.2) is 4.98 Å². The summed E-state index contributed by atoms with van der Waals surface area (Å²) in [6.07, 6.45) is 7.49. The van der Waals surface area contributed by atoms with E-state index in [1.165, 1.54) is 25.7 Å². The van der Waals surface area contributed by atoms with Crippen molar-refractivity contribution < 1.29 is 4.79 Å². The summed E-state index contributed by atoms with van der Waals surface area (Å²) in [4.78, 5) is 22.5. The van der Waals surface area contributed by atoms with E-state index in [0.29, 0.717) is 10.6 Å². The monoisotopic (exact) mass is 450 g/mol. The molecule has 5 nitrogen and oxygen atoms in total. The summed E-state index contributed by atoms with van der Waals surface area (Å²) in [5.41, 5.74) is 3.47. The number of aryl methyl sites for hydroxylation is 1. The Labute approximate surface area is 195 Å². The number of para-hydroxylation sites is 2. The van der Waals surface area contributed by atoms with E-state index in [-0.39, 0.29) is 11.9 Å². The van der Waals surface area contributed by atoms with Gasteiger partial charge in [0.2, 0.25) is 0 Å². The van der Waals surface area contributed by atoms with Crippen molar-refractivity contribution in [2.45, 2.75) is 57.5 Å². The lowest BCUT2D eigenvalue weighted by Gasteiger charge is -2.39. The van der Waals surface area contributed by atoms with Crippen LogP contribution in [0.25, 0.3) is 16.7 Å². The van der Waals surface area contributed by atoms with Crippen LogP contribution in [-0.4, -0.2) is 57.5 Å². The maximum absolute atomic E-state index is 13.3. The van der Waals surface area contributed by atoms with Crippen LogP contribution in [0.3, 0.4) is 0 Å². The Morgan fingerprint density at radius 1 is 1.06 bits per heavy atom. The number of aromatic nitrogens is 2. The van der Waals surface area contributed by atoms with Gasteiger partial charge in [0.05, 0.1) is 21.6 Å². The van der Waals surface area contributed by atoms with E-state index in [9.17, 15) is 4.79 Å². The first-order valence-corrected chi connectivity index (χ1v) is 12.2. The zero-order valence-corrected chi connectivity index (χ0v) is 19.7. The summed E-state index contributed by atoms with van der Waals surface area (Å²) < 4.78 is 2.08. The molecule has 5 rings (SSSR count). The standard InChI is InChI=1S/C26H31ClN4O/c1-18-28-24-9-5-6-10-25(24)31(18)21-11-12-22(23(27)17-21)26(32)29(2)19-13-15-30(16-14-19)20-7-3-4-8-20/h5-6,9-12,17,19-20H,3-4,7-8,13-16H2,1-2H3. The Hall–Kier alpha value is -2.37. The molecule has 168 valence electrons. The third-order valence-electron chi connectivity index (χ3n) is 7.38. The average molecular weight is 451 g/mol. The van der Waals surface area contributed by atoms with Crippen molar-refractivity contribution in [2.75, 3.05) is 20.1 Å². The molecule has 1 aromatic heterocycles. The fourth-order valence-electron chi connectivity index (χ4n) is 5.55. The molecule has 0 bridgehead atoms. The van der Waals surface area contributed by atoms with Gasteiger partial charge in [-0.05, 0) is 62.9 Å². The first-order valence-electron chi connectivity index (χ1n) is 11.8. The van der Waals surface area contributed by atoms with Crippen molar-refractivity contribution in [1.29, 1.82) is 0 Å². The lowest BCUT2D eigenvalue weighted by atomic mass is 10.0. The molecule has 2 heterocycles. The number of hydrogen-bond acceptors (Lipinski definition) is 3. The van der Waals surface area contributed by atoms with Gasteiger partial charge in [-0.2, -0.15) is 0 Å². The molecular formula is C26H31ClN4O. The zero-order valence-electron chi connectivity index (χ0n) is 18.9. The molecule has 1 aliphatic carbocycles. The third-order valence-corrected chi connectivity index (χ3v) is 7.69. The van der Waals surface area contributed by atoms with Gasteiger partial charge in [0.25, 0.3) is 5.91 Å². The largest absolute Gasteiger partial charge is 0.339 e. The predicted octanol–water partition coefficient (Wildman–Crippen LogP) is 5.47. The third kappa shape index (κ3) is 3.93. The molecule has 1 saturated carbocycles. The van der Waals surface area contributed by atoms with Gasteiger partial charge in [0.15, 0.2) is 0 Å². The maximum atomic E-state index is 13.3. The molecular weight excluding hydrogens is 420 g/mol. The number of imidazole rings is 1. The van der Waals surface area contributed by atoms with E-state index >= 15 is 0 Å². The Balaban J connectivity index is 1.31. The highest BCUT2D eigenvalue weighted by atomic mass is 35.5. The molecule has 3 aromatic rings. The highest BCUT2D eigenvalue weighted by Crippen LogP contribution is 2.29. The molecule has 0 N–H and O–H groups in total. The van der Waals surface area contributed by atoms with Crippen LogP contribution < -0.4 is 0 Å². The Morgan fingerprint density at radius 2 is 1.78 bits per heavy atom. The number of piperidine rings is 1. The van der Waals surface area contributed by atoms with E-state index in [1.807, 2.05) is 61.3 Å². The van der Waals surface area contributed by atoms with E-state index in [4.69, 9.17) is 11.6 Å². The second-order valence-electron chi connectivity index (χ2n) is 9.27. The van der Waals surface area contributed by atoms with Crippen molar-refractivity contribution in [3.8, 4) is 5.69 Å². The highest BCUT2D eigenvalue weighted by molar-refractivity contribution is 6.34. The summed E-state index contributed by atoms with van der Waals surface area (Å²) in [6.45, 7) is 4.16. The van der Waals surface area contributed by atoms with Gasteiger partial charge in [-0.1, -0.05) is 36.6 Å². The minimum absolute atomic E-state index is 0.00748. The second kappa shape index (κ2) is 8.87. The Kier molecular flexibility index (Phi) is 5.95. The first kappa shape index (κ1) is 21.5. The van der Waals surface area contributed by atoms with E-state index in [1.54, 1.807) is 0 Å². The van der Waals surface area contributed by atoms with Gasteiger partial charge >= 0.3 is 0 Å². The molecule has 1 amide bonds. The van der Waals surface area contributed by atoms with Gasteiger partial charge < -0.3 is 9.80 Å². The summed E-state index contributed by atoms with van der Waals surface area (Å²) in [7, 11) is 1.93. The summed E-state index contributed by atoms with van der Waals surface area (Å²) in [5, 5.41) is 0.486. The molecule has 6 heteroatoms. The van der Waals surface area contributed by atoms with Gasteiger partial charge in [-0.15, -0.1) is 0 Å². The minimum Gasteiger partial charge on any atom is -0.339 e. The van der Waals surface area contributed by atoms with E-state index in [2.05, 4.69) is 14.5 Å². The SMILES string of the molecule is Cc1nc2ccccc2n1-c1ccc(C(=O)N(C)C2CCN(C3CCCC3)CC2)c(Cl)c1. The molecule has 2 fully saturated rings. The van der Waals surface area contributed by atoms with Crippen molar-refractivity contribution in [3.63, 3.8) is 0 Å². The van der Waals surface area contributed by atoms with Crippen LogP contribution in [0.4, 0.5) is 0 Å². The van der Waals surface area contributed by atoms with Gasteiger partial charge in [0.1, 0.15) is 5.82 Å². The Bertz CT molecular complexity index is 1130. The fourth-order valence-corrected chi connectivity index (χ4v) is 5.81. The lowest BCUT2D eigenvalue weighted by molar-refractivity contribution is 0.0599. The highest BCUT2D eigenvalue weighted by Gasteiger charge is 2.30. The number of likely N-dealkylation sites (tertiary alicyclic amines) is 1. The van der Waals surface area contributed by atoms with Crippen LogP contribution in [-0.2, 0) is 0 Å². The molecule has 2 aromatic carbocycles. The molecule has 0 atom stereocenters. The number of carbonyl (C=O) groups is 1. The maximum Gasteiger partial charge on any atom is 0.255 e. The number of benzene rings is 2. The molecule has 0 spiro atoms. The summed E-state index contributed by atoms with van der Waals surface area (Å²) in [5.74, 6) is 0.903. The molecule has 0 unspecified atom stereocenters. The van der Waals surface area contributed by atoms with Crippen molar-refractivity contribution >= 4 is 28.5 Å². The number of hydrogen-bond donors (Lipinski definition) is 0. The van der Waals surface area contributed by atoms with Crippen LogP contribution in [0.1, 0.15) is 54.7 Å². The van der Waals surface area contributed by atoms with Crippen LogP contribution in [0.2, 0.25) is 5.02 Å². The number of halogens is 1. The van der Waals surface area contributed by atoms with Crippen LogP contribution in [0.5, 0.6) is 0 Å². The normalized spacial score (nSPS) is 18.5. The number of nitrogens with zero attached hydrogens (tertiary/aromatic N) is 4. The van der Waals surface area contributed by atoms with E-state index in [0.717, 1.165) is 54.5 Å². The minimum atomic E-state index is 0.00748. The number of rotatable bonds is 4. The van der Waals surface area contributed by atoms with Crippen LogP contribution in [0, 0.1) is 6.92 Å². The predicted molar refractivity (Wildman–Crippen MR) is 130 cm³/mol. The average Bonchev–Trinajstić information content (AvgIpc) is 3.45. The lowest BCUT2D eigenvalue weighted by Crippen LogP contribution is -2.48. The topological polar surface area (TPSA) is 41.4 Å². The number of amides is 1. The van der Waals surface area contributed by atoms with Crippen molar-refractivity contribution in [3.05, 3.63) is 58.9 Å². The second-order valence-corrected chi connectivity index (χ2v) is 9.68. The fraction of sp³-hybridized carbons (Fsp3) is 0.462. The molecule has 2 aliphatic rings. The van der Waals surface area contributed by atoms with E-state index < -0.39 is 0 Å². The quantitative estimate of drug-likeness (QED) is 0.529. The Morgan fingerprint density at radius 3 is 2.50 bits per heavy atom. The first-order chi connectivity index (χ1) is 15.5. The summed E-state index contributed by atoms with van der Waals surface area (Å²) >= 11 is 6.65. The zero-order chi connectivity index (χ0) is 22.2. The molecule has 1 aliphatic heterocycles. The number of fused-ring (bicyclic) bond motifs is 1. The van der Waals surface area contributed by atoms with Gasteiger partial charge in [0, 0.05) is 37.9 Å². The van der Waals surface area contributed by atoms with Crippen molar-refractivity contribution in [1.82, 2.24) is 19.4 Å². The smallest absolute Gasteiger partial charge is 0.255 e. The molecule has 32 heavy (non-hydrogen) atoms. The molecule has 0 radical (unpaired) electrons. The number of carbonyl (C=O) groups excluding carboxylic acids is 1. The van der Waals surface area contributed by atoms with Crippen LogP contribution >= 0.6 is 11.6 Å². The van der Waals surface area contributed by atoms with Gasteiger partial charge in [-0.3, -0.25) is 9.36 Å². The van der Waals surface area contributed by atoms with Crippen LogP contribution in [0.15, 0.2) is 42.5 Å².